The van der Waals surface area contributed by atoms with Crippen LogP contribution in [0.4, 0.5) is 0 Å². The molecule has 0 radical (unpaired) electrons. The molecule has 3 heterocycles. The summed E-state index contributed by atoms with van der Waals surface area (Å²) in [6, 6.07) is 0. The number of ether oxygens (including phenoxy) is 5. The van der Waals surface area contributed by atoms with Crippen molar-refractivity contribution in [3.63, 3.8) is 0 Å². The maximum absolute atomic E-state index is 11.2. The van der Waals surface area contributed by atoms with Gasteiger partial charge in [0.05, 0.1) is 31.5 Å². The minimum Gasteiger partial charge on any atom is -0.394 e. The fourth-order valence-electron chi connectivity index (χ4n) is 13.1. The van der Waals surface area contributed by atoms with E-state index in [1.54, 1.807) is 0 Å². The summed E-state index contributed by atoms with van der Waals surface area (Å²) in [5.41, 5.74) is -1.000. The fourth-order valence-corrected chi connectivity index (χ4v) is 13.1. The Bertz CT molecular complexity index is 1240. The molecule has 0 unspecified atom stereocenters. The number of hydrogen-bond acceptors (Lipinski definition) is 13. The molecule has 4 aliphatic carbocycles. The number of aliphatic hydroxyl groups excluding tert-OH is 8. The molecule has 3 aliphatic heterocycles. The molecular weight excluding hydrogens is 652 g/mol. The minimum atomic E-state index is -1.56. The lowest BCUT2D eigenvalue weighted by Crippen LogP contribution is -2.67. The van der Waals surface area contributed by atoms with E-state index in [0.717, 1.165) is 25.7 Å². The van der Waals surface area contributed by atoms with E-state index in [1.165, 1.54) is 0 Å². The van der Waals surface area contributed by atoms with Gasteiger partial charge in [-0.1, -0.05) is 41.5 Å². The monoisotopic (exact) mass is 714 g/mol. The Balaban J connectivity index is 1.25. The Kier molecular flexibility index (Phi) is 9.87. The SMILES string of the molecule is C[C@@H]1C[C@H](O)O[C@@H]2C[C@]3(C)[C@@H]4[C@@H](CC[C@@]3(C)[C@@H]12)[C@]1(C)CC[C@H](O[C@@H]2OC[C@H](O)[C@@H](O)[C@@H]2O)C(C)(C)[C@H]1C[C@H]4O[C@H]1O[C@@H](CO)[C@H](O)[C@@H](O)[C@@H]1O. The van der Waals surface area contributed by atoms with Gasteiger partial charge in [-0.05, 0) is 89.8 Å². The Morgan fingerprint density at radius 3 is 2.12 bits per heavy atom. The molecule has 7 rings (SSSR count). The first-order valence-electron chi connectivity index (χ1n) is 19.0. The molecule has 21 atom stereocenters. The Labute approximate surface area is 295 Å². The molecule has 0 aromatic rings. The molecule has 0 amide bonds. The van der Waals surface area contributed by atoms with Gasteiger partial charge >= 0.3 is 0 Å². The smallest absolute Gasteiger partial charge is 0.186 e. The van der Waals surface area contributed by atoms with E-state index in [0.29, 0.717) is 19.3 Å². The first-order valence-corrected chi connectivity index (χ1v) is 19.0. The summed E-state index contributed by atoms with van der Waals surface area (Å²) in [6.07, 6.45) is -8.30. The van der Waals surface area contributed by atoms with Gasteiger partial charge in [-0.15, -0.1) is 0 Å². The second-order valence-electron chi connectivity index (χ2n) is 18.5. The number of hydrogen-bond donors (Lipinski definition) is 8. The van der Waals surface area contributed by atoms with E-state index in [1.807, 2.05) is 0 Å². The summed E-state index contributed by atoms with van der Waals surface area (Å²) in [5, 5.41) is 84.2. The number of aliphatic hydroxyl groups is 8. The lowest BCUT2D eigenvalue weighted by Gasteiger charge is -2.69. The zero-order valence-electron chi connectivity index (χ0n) is 30.4. The van der Waals surface area contributed by atoms with E-state index in [-0.39, 0.29) is 64.6 Å². The van der Waals surface area contributed by atoms with E-state index >= 15 is 0 Å². The first kappa shape index (κ1) is 37.8. The molecule has 4 saturated carbocycles. The van der Waals surface area contributed by atoms with Crippen LogP contribution in [0.1, 0.15) is 86.5 Å². The highest BCUT2D eigenvalue weighted by Crippen LogP contribution is 2.76. The summed E-state index contributed by atoms with van der Waals surface area (Å²) < 4.78 is 31.3. The van der Waals surface area contributed by atoms with Crippen LogP contribution in [0.15, 0.2) is 0 Å². The highest BCUT2D eigenvalue weighted by Gasteiger charge is 2.73. The van der Waals surface area contributed by atoms with Crippen molar-refractivity contribution in [2.45, 2.75) is 166 Å². The quantitative estimate of drug-likeness (QED) is 0.184. The molecular formula is C37H62O13. The fraction of sp³-hybridized carbons (Fsp3) is 1.00. The van der Waals surface area contributed by atoms with Gasteiger partial charge in [-0.2, -0.15) is 0 Å². The third kappa shape index (κ3) is 5.51. The van der Waals surface area contributed by atoms with Crippen molar-refractivity contribution in [2.24, 2.45) is 51.2 Å². The van der Waals surface area contributed by atoms with Gasteiger partial charge in [-0.3, -0.25) is 0 Å². The van der Waals surface area contributed by atoms with E-state index in [4.69, 9.17) is 23.7 Å². The molecule has 50 heavy (non-hydrogen) atoms. The highest BCUT2D eigenvalue weighted by molar-refractivity contribution is 5.21. The number of rotatable bonds is 5. The van der Waals surface area contributed by atoms with Crippen molar-refractivity contribution in [2.75, 3.05) is 13.2 Å². The summed E-state index contributed by atoms with van der Waals surface area (Å²) >= 11 is 0. The zero-order valence-corrected chi connectivity index (χ0v) is 30.4. The van der Waals surface area contributed by atoms with E-state index < -0.39 is 79.7 Å². The molecule has 0 spiro atoms. The Morgan fingerprint density at radius 1 is 0.720 bits per heavy atom. The zero-order chi connectivity index (χ0) is 36.3. The summed E-state index contributed by atoms with van der Waals surface area (Å²) in [4.78, 5) is 0. The van der Waals surface area contributed by atoms with Gasteiger partial charge in [0.15, 0.2) is 18.9 Å². The van der Waals surface area contributed by atoms with Crippen molar-refractivity contribution < 1.29 is 64.5 Å². The van der Waals surface area contributed by atoms with Gasteiger partial charge in [-0.25, -0.2) is 0 Å². The average Bonchev–Trinajstić information content (AvgIpc) is 3.29. The third-order valence-electron chi connectivity index (χ3n) is 15.8. The molecule has 0 bridgehead atoms. The van der Waals surface area contributed by atoms with Crippen LogP contribution in [0.25, 0.3) is 0 Å². The molecule has 13 heteroatoms. The van der Waals surface area contributed by atoms with E-state index in [9.17, 15) is 40.9 Å². The topological polar surface area (TPSA) is 208 Å². The lowest BCUT2D eigenvalue weighted by atomic mass is 9.37. The molecule has 8 N–H and O–H groups in total. The van der Waals surface area contributed by atoms with Crippen LogP contribution in [0.3, 0.4) is 0 Å². The molecule has 0 aromatic carbocycles. The van der Waals surface area contributed by atoms with Crippen molar-refractivity contribution in [1.82, 2.24) is 0 Å². The minimum absolute atomic E-state index is 0.00168. The van der Waals surface area contributed by atoms with Crippen LogP contribution in [-0.2, 0) is 23.7 Å². The molecule has 0 aromatic heterocycles. The van der Waals surface area contributed by atoms with Gasteiger partial charge in [0.2, 0.25) is 0 Å². The van der Waals surface area contributed by atoms with E-state index in [2.05, 4.69) is 41.5 Å². The Morgan fingerprint density at radius 2 is 1.42 bits per heavy atom. The van der Waals surface area contributed by atoms with Crippen molar-refractivity contribution >= 4 is 0 Å². The highest BCUT2D eigenvalue weighted by atomic mass is 16.7. The molecule has 3 saturated heterocycles. The van der Waals surface area contributed by atoms with Crippen LogP contribution >= 0.6 is 0 Å². The first-order chi connectivity index (χ1) is 23.4. The summed E-state index contributed by atoms with van der Waals surface area (Å²) in [7, 11) is 0. The number of fused-ring (bicyclic) bond motifs is 7. The predicted octanol–water partition coefficient (Wildman–Crippen LogP) is 0.644. The maximum Gasteiger partial charge on any atom is 0.186 e. The summed E-state index contributed by atoms with van der Waals surface area (Å²) in [6.45, 7) is 13.0. The van der Waals surface area contributed by atoms with Crippen LogP contribution in [-0.4, -0.2) is 134 Å². The Hall–Kier alpha value is -0.520. The van der Waals surface area contributed by atoms with Crippen LogP contribution in [0, 0.1) is 51.2 Å². The standard InChI is InChI=1S/C37H62O13/c1-16-11-24(40)47-20-13-37(6)26-17(7-10-36(37,5)25(16)20)35(4)9-8-23(50-32-30(44)27(41)18(39)15-46-32)34(2,3)22(35)12-19(26)48-33-31(45)29(43)28(42)21(14-38)49-33/h16-33,38-45H,7-15H2,1-6H3/t16-,17-,18+,19-,20-,21+,22-,23+,24-,25+,26-,27-,28+,29-,30+,31+,32+,33+,35+,36+,37-/m1/s1. The summed E-state index contributed by atoms with van der Waals surface area (Å²) in [5.74, 6) is 0.763. The molecule has 7 aliphatic rings. The predicted molar refractivity (Wildman–Crippen MR) is 176 cm³/mol. The van der Waals surface area contributed by atoms with Crippen LogP contribution < -0.4 is 0 Å². The molecule has 7 fully saturated rings. The van der Waals surface area contributed by atoms with Gasteiger partial charge in [0, 0.05) is 6.42 Å². The second kappa shape index (κ2) is 13.1. The maximum atomic E-state index is 11.2. The largest absolute Gasteiger partial charge is 0.394 e. The average molecular weight is 715 g/mol. The van der Waals surface area contributed by atoms with Gasteiger partial charge in [0.1, 0.15) is 42.7 Å². The van der Waals surface area contributed by atoms with Crippen LogP contribution in [0.2, 0.25) is 0 Å². The second-order valence-corrected chi connectivity index (χ2v) is 18.5. The van der Waals surface area contributed by atoms with Gasteiger partial charge in [0.25, 0.3) is 0 Å². The third-order valence-corrected chi connectivity index (χ3v) is 15.8. The van der Waals surface area contributed by atoms with Crippen LogP contribution in [0.5, 0.6) is 0 Å². The van der Waals surface area contributed by atoms with Crippen molar-refractivity contribution in [3.8, 4) is 0 Å². The van der Waals surface area contributed by atoms with Crippen molar-refractivity contribution in [3.05, 3.63) is 0 Å². The molecule has 13 nitrogen and oxygen atoms in total. The van der Waals surface area contributed by atoms with Gasteiger partial charge < -0.3 is 64.5 Å². The molecule has 288 valence electrons. The lowest BCUT2D eigenvalue weighted by molar-refractivity contribution is -0.342. The normalized spacial score (nSPS) is 59.2. The van der Waals surface area contributed by atoms with Crippen molar-refractivity contribution in [1.29, 1.82) is 0 Å².